The molecule has 0 heterocycles. The molecule has 0 unspecified atom stereocenters. The van der Waals surface area contributed by atoms with E-state index in [4.69, 9.17) is 35.4 Å². The highest BCUT2D eigenvalue weighted by atomic mass is 35.5. The Hall–Kier alpha value is -3.28. The molecule has 0 saturated carbocycles. The summed E-state index contributed by atoms with van der Waals surface area (Å²) in [5, 5.41) is 16.0. The van der Waals surface area contributed by atoms with Gasteiger partial charge in [-0.05, 0) is 36.5 Å². The largest absolute Gasteiger partial charge is 0.325 e. The van der Waals surface area contributed by atoms with Crippen LogP contribution >= 0.6 is 35.4 Å². The van der Waals surface area contributed by atoms with Crippen LogP contribution in [0.25, 0.3) is 0 Å². The highest BCUT2D eigenvalue weighted by Gasteiger charge is 2.13. The number of nitrogens with zero attached hydrogens (tertiary/aromatic N) is 1. The summed E-state index contributed by atoms with van der Waals surface area (Å²) in [6, 6.07) is 9.61. The quantitative estimate of drug-likeness (QED) is 0.281. The zero-order chi connectivity index (χ0) is 23.0. The second kappa shape index (κ2) is 11.2. The van der Waals surface area contributed by atoms with E-state index in [0.29, 0.717) is 10.7 Å². The summed E-state index contributed by atoms with van der Waals surface area (Å²) < 4.78 is 0. The van der Waals surface area contributed by atoms with Gasteiger partial charge >= 0.3 is 0 Å². The summed E-state index contributed by atoms with van der Waals surface area (Å²) in [6.07, 6.45) is -0.315. The molecule has 4 N–H and O–H groups in total. The van der Waals surface area contributed by atoms with Gasteiger partial charge in [-0.25, -0.2) is 0 Å². The van der Waals surface area contributed by atoms with Crippen LogP contribution in [0.5, 0.6) is 0 Å². The molecule has 13 heteroatoms. The fourth-order valence-corrected chi connectivity index (χ4v) is 2.79. The van der Waals surface area contributed by atoms with Crippen LogP contribution in [0.4, 0.5) is 11.4 Å². The molecule has 3 amide bonds. The highest BCUT2D eigenvalue weighted by Crippen LogP contribution is 2.25. The Bertz CT molecular complexity index is 1050. The smallest absolute Gasteiger partial charge is 0.270 e. The van der Waals surface area contributed by atoms with Crippen molar-refractivity contribution in [3.63, 3.8) is 0 Å². The monoisotopic (exact) mass is 483 g/mol. The minimum atomic E-state index is -0.699. The summed E-state index contributed by atoms with van der Waals surface area (Å²) in [5.74, 6) is -1.71. The minimum Gasteiger partial charge on any atom is -0.325 e. The molecule has 0 aliphatic carbocycles. The standard InChI is InChI=1S/C18H15Cl2N5O5S/c19-11-4-5-14(13(20)9-11)21-15(26)6-7-16(27)23-24-18(31)22-17(28)10-2-1-3-12(8-10)25(29)30/h1-5,8-9H,6-7H2,(H,21,26)(H,23,27)(H2,22,24,28,31). The van der Waals surface area contributed by atoms with Crippen molar-refractivity contribution < 1.29 is 19.3 Å². The fraction of sp³-hybridized carbons (Fsp3) is 0.111. The third kappa shape index (κ3) is 7.81. The summed E-state index contributed by atoms with van der Waals surface area (Å²) >= 11 is 16.6. The Labute approximate surface area is 191 Å². The number of nitro benzene ring substituents is 1. The molecule has 2 aromatic carbocycles. The van der Waals surface area contributed by atoms with Crippen molar-refractivity contribution in [2.24, 2.45) is 0 Å². The molecule has 0 atom stereocenters. The number of hydrazine groups is 1. The number of nitro groups is 1. The molecule has 0 bridgehead atoms. The van der Waals surface area contributed by atoms with E-state index >= 15 is 0 Å². The Morgan fingerprint density at radius 2 is 1.71 bits per heavy atom. The number of halogens is 2. The molecule has 0 aliphatic rings. The molecule has 0 aliphatic heterocycles. The molecule has 0 fully saturated rings. The SMILES string of the molecule is O=C(CCC(=O)Nc1ccc(Cl)cc1Cl)NNC(=S)NC(=O)c1cccc([N+](=O)[O-])c1. The van der Waals surface area contributed by atoms with Crippen LogP contribution in [0.1, 0.15) is 23.2 Å². The zero-order valence-electron chi connectivity index (χ0n) is 15.6. The molecule has 2 rings (SSSR count). The van der Waals surface area contributed by atoms with E-state index in [9.17, 15) is 24.5 Å². The lowest BCUT2D eigenvalue weighted by Gasteiger charge is -2.11. The van der Waals surface area contributed by atoms with Gasteiger partial charge in [0, 0.05) is 35.6 Å². The second-order valence-electron chi connectivity index (χ2n) is 5.94. The number of thiocarbonyl (C=S) groups is 1. The lowest BCUT2D eigenvalue weighted by Crippen LogP contribution is -2.48. The third-order valence-corrected chi connectivity index (χ3v) is 4.40. The molecule has 162 valence electrons. The van der Waals surface area contributed by atoms with Gasteiger partial charge in [0.1, 0.15) is 0 Å². The van der Waals surface area contributed by atoms with E-state index in [1.165, 1.54) is 30.3 Å². The number of amides is 3. The Balaban J connectivity index is 1.74. The summed E-state index contributed by atoms with van der Waals surface area (Å²) in [5.41, 5.74) is 4.66. The maximum atomic E-state index is 12.1. The number of benzene rings is 2. The Morgan fingerprint density at radius 1 is 1.00 bits per heavy atom. The zero-order valence-corrected chi connectivity index (χ0v) is 17.9. The van der Waals surface area contributed by atoms with Gasteiger partial charge in [-0.3, -0.25) is 40.7 Å². The van der Waals surface area contributed by atoms with E-state index < -0.39 is 22.6 Å². The number of non-ortho nitro benzene ring substituents is 1. The molecule has 0 spiro atoms. The minimum absolute atomic E-state index is 0.0159. The number of rotatable bonds is 6. The van der Waals surface area contributed by atoms with E-state index in [1.807, 2.05) is 0 Å². The van der Waals surface area contributed by atoms with Gasteiger partial charge in [-0.1, -0.05) is 29.3 Å². The van der Waals surface area contributed by atoms with E-state index in [-0.39, 0.29) is 34.2 Å². The lowest BCUT2D eigenvalue weighted by atomic mass is 10.2. The first kappa shape index (κ1) is 24.0. The van der Waals surface area contributed by atoms with E-state index in [1.54, 1.807) is 6.07 Å². The van der Waals surface area contributed by atoms with Crippen LogP contribution < -0.4 is 21.5 Å². The van der Waals surface area contributed by atoms with Crippen molar-refractivity contribution in [1.82, 2.24) is 16.2 Å². The van der Waals surface area contributed by atoms with Gasteiger partial charge in [0.05, 0.1) is 15.6 Å². The molecule has 2 aromatic rings. The van der Waals surface area contributed by atoms with Crippen molar-refractivity contribution in [2.75, 3.05) is 5.32 Å². The van der Waals surface area contributed by atoms with Crippen LogP contribution in [0.3, 0.4) is 0 Å². The summed E-state index contributed by atoms with van der Waals surface area (Å²) in [4.78, 5) is 46.0. The van der Waals surface area contributed by atoms with Crippen molar-refractivity contribution in [3.05, 3.63) is 68.2 Å². The average molecular weight is 484 g/mol. The number of anilines is 1. The third-order valence-electron chi connectivity index (χ3n) is 3.65. The predicted octanol–water partition coefficient (Wildman–Crippen LogP) is 2.96. The van der Waals surface area contributed by atoms with E-state index in [2.05, 4.69) is 21.5 Å². The van der Waals surface area contributed by atoms with Gasteiger partial charge in [-0.2, -0.15) is 0 Å². The molecule has 0 saturated heterocycles. The van der Waals surface area contributed by atoms with Crippen molar-refractivity contribution in [3.8, 4) is 0 Å². The normalized spacial score (nSPS) is 10.0. The van der Waals surface area contributed by atoms with Crippen molar-refractivity contribution >= 4 is 69.6 Å². The second-order valence-corrected chi connectivity index (χ2v) is 7.19. The van der Waals surface area contributed by atoms with Crippen LogP contribution in [0.15, 0.2) is 42.5 Å². The topological polar surface area (TPSA) is 142 Å². The van der Waals surface area contributed by atoms with Crippen LogP contribution in [-0.4, -0.2) is 27.8 Å². The van der Waals surface area contributed by atoms with Gasteiger partial charge in [0.2, 0.25) is 11.8 Å². The Kier molecular flexibility index (Phi) is 8.67. The average Bonchev–Trinajstić information content (AvgIpc) is 2.72. The molecule has 31 heavy (non-hydrogen) atoms. The number of nitrogens with one attached hydrogen (secondary N) is 4. The first-order valence-corrected chi connectivity index (χ1v) is 9.71. The summed E-state index contributed by atoms with van der Waals surface area (Å²) in [6.45, 7) is 0. The fourth-order valence-electron chi connectivity index (χ4n) is 2.19. The number of hydrogen-bond acceptors (Lipinski definition) is 6. The van der Waals surface area contributed by atoms with Crippen LogP contribution in [0.2, 0.25) is 10.0 Å². The van der Waals surface area contributed by atoms with Gasteiger partial charge < -0.3 is 5.32 Å². The van der Waals surface area contributed by atoms with Gasteiger partial charge in [0.25, 0.3) is 11.6 Å². The predicted molar refractivity (Wildman–Crippen MR) is 119 cm³/mol. The van der Waals surface area contributed by atoms with Crippen LogP contribution in [0, 0.1) is 10.1 Å². The molecular formula is C18H15Cl2N5O5S. The molecule has 0 radical (unpaired) electrons. The summed E-state index contributed by atoms with van der Waals surface area (Å²) in [7, 11) is 0. The number of hydrogen-bond donors (Lipinski definition) is 4. The van der Waals surface area contributed by atoms with Gasteiger partial charge in [-0.15, -0.1) is 0 Å². The Morgan fingerprint density at radius 3 is 2.39 bits per heavy atom. The van der Waals surface area contributed by atoms with Gasteiger partial charge in [0.15, 0.2) is 5.11 Å². The van der Waals surface area contributed by atoms with Crippen LogP contribution in [-0.2, 0) is 9.59 Å². The number of carbonyl (C=O) groups is 3. The maximum Gasteiger partial charge on any atom is 0.270 e. The maximum absolute atomic E-state index is 12.1. The first-order valence-electron chi connectivity index (χ1n) is 8.55. The van der Waals surface area contributed by atoms with Crippen molar-refractivity contribution in [2.45, 2.75) is 12.8 Å². The van der Waals surface area contributed by atoms with Crippen molar-refractivity contribution in [1.29, 1.82) is 0 Å². The molecular weight excluding hydrogens is 469 g/mol. The lowest BCUT2D eigenvalue weighted by molar-refractivity contribution is -0.384. The highest BCUT2D eigenvalue weighted by molar-refractivity contribution is 7.80. The first-order chi connectivity index (χ1) is 14.7. The molecule has 10 nitrogen and oxygen atoms in total. The number of carbonyl (C=O) groups excluding carboxylic acids is 3. The van der Waals surface area contributed by atoms with E-state index in [0.717, 1.165) is 6.07 Å². The molecule has 0 aromatic heterocycles.